The van der Waals surface area contributed by atoms with Crippen molar-refractivity contribution >= 4 is 5.97 Å². The summed E-state index contributed by atoms with van der Waals surface area (Å²) in [4.78, 5) is 11.6. The van der Waals surface area contributed by atoms with E-state index in [1.54, 1.807) is 0 Å². The number of nitrogens with two attached hydrogens (primary N) is 2. The molecule has 0 rings (SSSR count). The lowest BCUT2D eigenvalue weighted by atomic mass is 10.1. The molecular weight excluding hydrogens is 276 g/mol. The third-order valence-electron chi connectivity index (χ3n) is 4.01. The molecule has 0 aliphatic heterocycles. The highest BCUT2D eigenvalue weighted by Gasteiger charge is 2.13. The first-order valence-electron chi connectivity index (χ1n) is 9.34. The van der Waals surface area contributed by atoms with Gasteiger partial charge < -0.3 is 16.2 Å². The van der Waals surface area contributed by atoms with Crippen LogP contribution in [0.4, 0.5) is 0 Å². The maximum atomic E-state index is 11.6. The van der Waals surface area contributed by atoms with Gasteiger partial charge in [-0.3, -0.25) is 4.79 Å². The predicted molar refractivity (Wildman–Crippen MR) is 93.7 cm³/mol. The van der Waals surface area contributed by atoms with Gasteiger partial charge in [-0.05, 0) is 25.8 Å². The van der Waals surface area contributed by atoms with E-state index in [0.29, 0.717) is 19.6 Å². The third-order valence-corrected chi connectivity index (χ3v) is 4.01. The van der Waals surface area contributed by atoms with Gasteiger partial charge in [0, 0.05) is 0 Å². The molecule has 0 saturated heterocycles. The fourth-order valence-corrected chi connectivity index (χ4v) is 2.50. The Balaban J connectivity index is 3.26. The first-order chi connectivity index (χ1) is 10.7. The summed E-state index contributed by atoms with van der Waals surface area (Å²) in [5.74, 6) is -0.257. The molecule has 0 aromatic rings. The van der Waals surface area contributed by atoms with Gasteiger partial charge in [-0.2, -0.15) is 0 Å². The standard InChI is InChI=1S/C18H38N2O2/c1-2-3-4-5-6-7-8-9-10-13-16-22-18(21)17(20)14-11-12-15-19/h17H,2-16,19-20H2,1H3. The van der Waals surface area contributed by atoms with Crippen molar-refractivity contribution in [1.82, 2.24) is 0 Å². The largest absolute Gasteiger partial charge is 0.465 e. The summed E-state index contributed by atoms with van der Waals surface area (Å²) in [5, 5.41) is 0. The van der Waals surface area contributed by atoms with Gasteiger partial charge in [0.25, 0.3) is 0 Å². The average molecular weight is 315 g/mol. The average Bonchev–Trinajstić information content (AvgIpc) is 2.52. The van der Waals surface area contributed by atoms with E-state index < -0.39 is 6.04 Å². The number of hydrogen-bond donors (Lipinski definition) is 2. The summed E-state index contributed by atoms with van der Waals surface area (Å²) in [6, 6.07) is -0.477. The van der Waals surface area contributed by atoms with E-state index in [0.717, 1.165) is 25.7 Å². The van der Waals surface area contributed by atoms with Gasteiger partial charge in [0.2, 0.25) is 0 Å². The number of carbonyl (C=O) groups is 1. The van der Waals surface area contributed by atoms with E-state index in [1.165, 1.54) is 51.4 Å². The minimum absolute atomic E-state index is 0.257. The molecule has 4 N–H and O–H groups in total. The number of carbonyl (C=O) groups excluding carboxylic acids is 1. The van der Waals surface area contributed by atoms with Crippen LogP contribution >= 0.6 is 0 Å². The number of ether oxygens (including phenoxy) is 1. The fraction of sp³-hybridized carbons (Fsp3) is 0.944. The van der Waals surface area contributed by atoms with E-state index in [2.05, 4.69) is 6.92 Å². The monoisotopic (exact) mass is 314 g/mol. The number of hydrogen-bond acceptors (Lipinski definition) is 4. The van der Waals surface area contributed by atoms with Gasteiger partial charge in [-0.25, -0.2) is 0 Å². The zero-order chi connectivity index (χ0) is 16.5. The summed E-state index contributed by atoms with van der Waals surface area (Å²) >= 11 is 0. The Labute approximate surface area is 137 Å². The second-order valence-corrected chi connectivity index (χ2v) is 6.24. The topological polar surface area (TPSA) is 78.3 Å². The lowest BCUT2D eigenvalue weighted by molar-refractivity contribution is -0.145. The van der Waals surface area contributed by atoms with E-state index in [-0.39, 0.29) is 5.97 Å². The van der Waals surface area contributed by atoms with Crippen LogP contribution in [0.25, 0.3) is 0 Å². The Hall–Kier alpha value is -0.610. The second-order valence-electron chi connectivity index (χ2n) is 6.24. The number of rotatable bonds is 16. The summed E-state index contributed by atoms with van der Waals surface area (Å²) in [7, 11) is 0. The maximum Gasteiger partial charge on any atom is 0.322 e. The van der Waals surface area contributed by atoms with Crippen molar-refractivity contribution in [2.24, 2.45) is 11.5 Å². The van der Waals surface area contributed by atoms with Crippen LogP contribution in [0.15, 0.2) is 0 Å². The highest BCUT2D eigenvalue weighted by Crippen LogP contribution is 2.10. The van der Waals surface area contributed by atoms with E-state index >= 15 is 0 Å². The molecule has 0 aromatic heterocycles. The quantitative estimate of drug-likeness (QED) is 0.334. The Morgan fingerprint density at radius 2 is 1.41 bits per heavy atom. The normalized spacial score (nSPS) is 12.3. The van der Waals surface area contributed by atoms with Crippen LogP contribution in [0.2, 0.25) is 0 Å². The van der Waals surface area contributed by atoms with Crippen molar-refractivity contribution in [3.05, 3.63) is 0 Å². The molecule has 4 heteroatoms. The predicted octanol–water partition coefficient (Wildman–Crippen LogP) is 3.91. The first kappa shape index (κ1) is 21.4. The molecule has 0 aliphatic rings. The molecule has 0 aromatic carbocycles. The highest BCUT2D eigenvalue weighted by atomic mass is 16.5. The van der Waals surface area contributed by atoms with Gasteiger partial charge in [0.1, 0.15) is 6.04 Å². The molecule has 0 saturated carbocycles. The Morgan fingerprint density at radius 1 is 0.864 bits per heavy atom. The van der Waals surface area contributed by atoms with Crippen LogP contribution < -0.4 is 11.5 Å². The summed E-state index contributed by atoms with van der Waals surface area (Å²) < 4.78 is 5.21. The van der Waals surface area contributed by atoms with Crippen molar-refractivity contribution in [3.63, 3.8) is 0 Å². The minimum Gasteiger partial charge on any atom is -0.465 e. The van der Waals surface area contributed by atoms with Gasteiger partial charge in [0.15, 0.2) is 0 Å². The maximum absolute atomic E-state index is 11.6. The van der Waals surface area contributed by atoms with Gasteiger partial charge in [-0.1, -0.05) is 71.1 Å². The fourth-order valence-electron chi connectivity index (χ4n) is 2.50. The SMILES string of the molecule is CCCCCCCCCCCCOC(=O)C(N)CCCCN. The number of esters is 1. The Morgan fingerprint density at radius 3 is 1.95 bits per heavy atom. The minimum atomic E-state index is -0.477. The van der Waals surface area contributed by atoms with Gasteiger partial charge >= 0.3 is 5.97 Å². The van der Waals surface area contributed by atoms with Crippen LogP contribution in [0, 0.1) is 0 Å². The van der Waals surface area contributed by atoms with Gasteiger partial charge in [-0.15, -0.1) is 0 Å². The van der Waals surface area contributed by atoms with Crippen LogP contribution in [-0.2, 0) is 9.53 Å². The molecule has 1 unspecified atom stereocenters. The van der Waals surface area contributed by atoms with Crippen LogP contribution in [-0.4, -0.2) is 25.2 Å². The summed E-state index contributed by atoms with van der Waals surface area (Å²) in [5.41, 5.74) is 11.2. The van der Waals surface area contributed by atoms with Crippen molar-refractivity contribution in [1.29, 1.82) is 0 Å². The molecule has 0 amide bonds. The van der Waals surface area contributed by atoms with Crippen molar-refractivity contribution in [2.45, 2.75) is 96.4 Å². The molecule has 22 heavy (non-hydrogen) atoms. The molecule has 4 nitrogen and oxygen atoms in total. The molecule has 0 radical (unpaired) electrons. The van der Waals surface area contributed by atoms with E-state index in [4.69, 9.17) is 16.2 Å². The Bertz CT molecular complexity index is 247. The van der Waals surface area contributed by atoms with Crippen molar-refractivity contribution < 1.29 is 9.53 Å². The van der Waals surface area contributed by atoms with Crippen LogP contribution in [0.1, 0.15) is 90.4 Å². The molecule has 0 spiro atoms. The molecule has 132 valence electrons. The molecule has 0 bridgehead atoms. The smallest absolute Gasteiger partial charge is 0.322 e. The van der Waals surface area contributed by atoms with E-state index in [1.807, 2.05) is 0 Å². The zero-order valence-electron chi connectivity index (χ0n) is 14.7. The molecule has 0 aliphatic carbocycles. The van der Waals surface area contributed by atoms with E-state index in [9.17, 15) is 4.79 Å². The van der Waals surface area contributed by atoms with Gasteiger partial charge in [0.05, 0.1) is 6.61 Å². The molecule has 0 fully saturated rings. The Kier molecular flexibility index (Phi) is 16.3. The van der Waals surface area contributed by atoms with Crippen molar-refractivity contribution in [2.75, 3.05) is 13.2 Å². The summed E-state index contributed by atoms with van der Waals surface area (Å²) in [6.07, 6.45) is 15.3. The second kappa shape index (κ2) is 16.8. The molecule has 1 atom stereocenters. The van der Waals surface area contributed by atoms with Crippen molar-refractivity contribution in [3.8, 4) is 0 Å². The molecule has 0 heterocycles. The lowest BCUT2D eigenvalue weighted by Crippen LogP contribution is -2.32. The number of unbranched alkanes of at least 4 members (excludes halogenated alkanes) is 10. The van der Waals surface area contributed by atoms with Crippen LogP contribution in [0.5, 0.6) is 0 Å². The summed E-state index contributed by atoms with van der Waals surface area (Å²) in [6.45, 7) is 3.42. The first-order valence-corrected chi connectivity index (χ1v) is 9.34. The molecular formula is C18H38N2O2. The zero-order valence-corrected chi connectivity index (χ0v) is 14.7. The lowest BCUT2D eigenvalue weighted by Gasteiger charge is -2.11. The highest BCUT2D eigenvalue weighted by molar-refractivity contribution is 5.75. The third kappa shape index (κ3) is 14.3. The van der Waals surface area contributed by atoms with Crippen LogP contribution in [0.3, 0.4) is 0 Å².